The molecule has 2 aromatic carbocycles. The lowest BCUT2D eigenvalue weighted by atomic mass is 10.1. The number of benzene rings is 2. The van der Waals surface area contributed by atoms with Gasteiger partial charge in [0.15, 0.2) is 6.61 Å². The van der Waals surface area contributed by atoms with Crippen molar-refractivity contribution in [2.75, 3.05) is 22.5 Å². The number of ether oxygens (including phenoxy) is 2. The highest BCUT2D eigenvalue weighted by atomic mass is 35.5. The summed E-state index contributed by atoms with van der Waals surface area (Å²) in [6.45, 7) is -1.87. The van der Waals surface area contributed by atoms with Gasteiger partial charge in [-0.15, -0.1) is 0 Å². The highest BCUT2D eigenvalue weighted by Crippen LogP contribution is 2.35. The number of carbonyl (C=O) groups is 2. The van der Waals surface area contributed by atoms with E-state index in [1.807, 2.05) is 0 Å². The van der Waals surface area contributed by atoms with Gasteiger partial charge < -0.3 is 14.8 Å². The van der Waals surface area contributed by atoms with Gasteiger partial charge in [0.25, 0.3) is 5.91 Å². The second-order valence-electron chi connectivity index (χ2n) is 7.10. The van der Waals surface area contributed by atoms with Crippen LogP contribution in [0.3, 0.4) is 0 Å². The van der Waals surface area contributed by atoms with Crippen molar-refractivity contribution in [1.82, 2.24) is 0 Å². The van der Waals surface area contributed by atoms with Gasteiger partial charge in [-0.3, -0.25) is 9.10 Å². The number of nitrogens with one attached hydrogen (secondary N) is 1. The number of amides is 1. The summed E-state index contributed by atoms with van der Waals surface area (Å²) in [4.78, 5) is 24.4. The number of rotatable bonds is 7. The number of hydrogen-bond donors (Lipinski definition) is 1. The molecule has 0 saturated heterocycles. The van der Waals surface area contributed by atoms with Crippen LogP contribution in [-0.4, -0.2) is 45.8 Å². The zero-order valence-electron chi connectivity index (χ0n) is 17.0. The molecule has 0 aliphatic carbocycles. The molecule has 1 unspecified atom stereocenters. The van der Waals surface area contributed by atoms with Crippen LogP contribution in [0.1, 0.15) is 22.8 Å². The molecule has 2 aromatic rings. The summed E-state index contributed by atoms with van der Waals surface area (Å²) >= 11 is 5.82. The molecule has 0 aromatic heterocycles. The molecule has 0 bridgehead atoms. The maximum Gasteiger partial charge on any atom is 0.387 e. The van der Waals surface area contributed by atoms with Crippen molar-refractivity contribution in [3.8, 4) is 5.75 Å². The lowest BCUT2D eigenvalue weighted by Crippen LogP contribution is -2.34. The second kappa shape index (κ2) is 9.29. The van der Waals surface area contributed by atoms with E-state index in [2.05, 4.69) is 10.1 Å². The Labute approximate surface area is 188 Å². The maximum absolute atomic E-state index is 12.3. The molecule has 172 valence electrons. The summed E-state index contributed by atoms with van der Waals surface area (Å²) < 4.78 is 59.0. The number of carbonyl (C=O) groups excluding carboxylic acids is 2. The number of alkyl halides is 2. The minimum Gasteiger partial charge on any atom is -0.452 e. The third kappa shape index (κ3) is 5.46. The first-order chi connectivity index (χ1) is 15.0. The SMILES string of the molecule is CC1Cc2cc(C(=O)OCC(=O)Nc3ccc(OC(F)F)c(Cl)c3)ccc2N1S(C)(=O)=O. The molecule has 1 N–H and O–H groups in total. The summed E-state index contributed by atoms with van der Waals surface area (Å²) in [5.74, 6) is -1.67. The molecule has 1 atom stereocenters. The van der Waals surface area contributed by atoms with E-state index >= 15 is 0 Å². The fourth-order valence-corrected chi connectivity index (χ4v) is 4.91. The van der Waals surface area contributed by atoms with E-state index in [0.717, 1.165) is 6.26 Å². The lowest BCUT2D eigenvalue weighted by molar-refractivity contribution is -0.119. The van der Waals surface area contributed by atoms with Gasteiger partial charge in [0.05, 0.1) is 22.5 Å². The molecule has 1 heterocycles. The summed E-state index contributed by atoms with van der Waals surface area (Å²) in [5, 5.41) is 2.29. The lowest BCUT2D eigenvalue weighted by Gasteiger charge is -2.21. The largest absolute Gasteiger partial charge is 0.452 e. The smallest absolute Gasteiger partial charge is 0.387 e. The molecule has 0 spiro atoms. The van der Waals surface area contributed by atoms with E-state index in [4.69, 9.17) is 16.3 Å². The van der Waals surface area contributed by atoms with Crippen molar-refractivity contribution in [1.29, 1.82) is 0 Å². The first-order valence-electron chi connectivity index (χ1n) is 9.29. The third-order valence-electron chi connectivity index (χ3n) is 4.59. The van der Waals surface area contributed by atoms with Crippen LogP contribution in [0.15, 0.2) is 36.4 Å². The molecule has 0 saturated carbocycles. The first-order valence-corrected chi connectivity index (χ1v) is 11.5. The van der Waals surface area contributed by atoms with Crippen LogP contribution in [0, 0.1) is 0 Å². The van der Waals surface area contributed by atoms with Gasteiger partial charge >= 0.3 is 12.6 Å². The Bertz CT molecular complexity index is 1160. The van der Waals surface area contributed by atoms with E-state index in [1.54, 1.807) is 13.0 Å². The number of esters is 1. The number of halogens is 3. The second-order valence-corrected chi connectivity index (χ2v) is 9.37. The number of nitrogens with zero attached hydrogens (tertiary/aromatic N) is 1. The molecular formula is C20H19ClF2N2O6S. The average Bonchev–Trinajstić information content (AvgIpc) is 3.03. The van der Waals surface area contributed by atoms with Gasteiger partial charge in [0, 0.05) is 11.7 Å². The molecule has 8 nitrogen and oxygen atoms in total. The van der Waals surface area contributed by atoms with Gasteiger partial charge in [-0.25, -0.2) is 13.2 Å². The highest BCUT2D eigenvalue weighted by Gasteiger charge is 2.33. The van der Waals surface area contributed by atoms with Crippen LogP contribution in [0.4, 0.5) is 20.2 Å². The number of anilines is 2. The van der Waals surface area contributed by atoms with Gasteiger partial charge in [-0.05, 0) is 55.3 Å². The summed E-state index contributed by atoms with van der Waals surface area (Å²) in [6.07, 6.45) is 1.56. The summed E-state index contributed by atoms with van der Waals surface area (Å²) in [6, 6.07) is 7.91. The van der Waals surface area contributed by atoms with Crippen molar-refractivity contribution in [3.05, 3.63) is 52.5 Å². The number of fused-ring (bicyclic) bond motifs is 1. The van der Waals surface area contributed by atoms with Gasteiger partial charge in [0.1, 0.15) is 5.75 Å². The molecule has 12 heteroatoms. The molecule has 0 radical (unpaired) electrons. The predicted molar refractivity (Wildman–Crippen MR) is 114 cm³/mol. The van der Waals surface area contributed by atoms with Gasteiger partial charge in [-0.1, -0.05) is 11.6 Å². The van der Waals surface area contributed by atoms with E-state index in [0.29, 0.717) is 17.7 Å². The van der Waals surface area contributed by atoms with Gasteiger partial charge in [0.2, 0.25) is 10.0 Å². The van der Waals surface area contributed by atoms with E-state index in [1.165, 1.54) is 34.6 Å². The zero-order chi connectivity index (χ0) is 23.6. The minimum atomic E-state index is -3.45. The maximum atomic E-state index is 12.3. The topological polar surface area (TPSA) is 102 Å². The van der Waals surface area contributed by atoms with Crippen molar-refractivity contribution >= 4 is 44.9 Å². The Morgan fingerprint density at radius 1 is 1.25 bits per heavy atom. The fourth-order valence-electron chi connectivity index (χ4n) is 3.42. The van der Waals surface area contributed by atoms with Crippen molar-refractivity contribution in [3.63, 3.8) is 0 Å². The van der Waals surface area contributed by atoms with Crippen LogP contribution in [0.2, 0.25) is 5.02 Å². The van der Waals surface area contributed by atoms with Crippen molar-refractivity contribution in [2.45, 2.75) is 26.0 Å². The fraction of sp³-hybridized carbons (Fsp3) is 0.300. The molecule has 3 rings (SSSR count). The standard InChI is InChI=1S/C20H19ClF2N2O6S/c1-11-7-13-8-12(3-5-16(13)25(11)32(2,28)29)19(27)30-10-18(26)24-14-4-6-17(15(21)9-14)31-20(22)23/h3-6,8-9,11,20H,7,10H2,1-2H3,(H,24,26). The molecule has 1 aliphatic rings. The Kier molecular flexibility index (Phi) is 6.89. The van der Waals surface area contributed by atoms with Crippen LogP contribution >= 0.6 is 11.6 Å². The third-order valence-corrected chi connectivity index (χ3v) is 6.16. The van der Waals surface area contributed by atoms with Crippen LogP contribution in [-0.2, 0) is 26.0 Å². The Morgan fingerprint density at radius 2 is 1.97 bits per heavy atom. The Morgan fingerprint density at radius 3 is 2.59 bits per heavy atom. The summed E-state index contributed by atoms with van der Waals surface area (Å²) in [5.41, 5.74) is 1.56. The summed E-state index contributed by atoms with van der Waals surface area (Å²) in [7, 11) is -3.45. The molecule has 32 heavy (non-hydrogen) atoms. The normalized spacial score (nSPS) is 15.4. The average molecular weight is 489 g/mol. The van der Waals surface area contributed by atoms with Crippen LogP contribution in [0.5, 0.6) is 5.75 Å². The zero-order valence-corrected chi connectivity index (χ0v) is 18.5. The van der Waals surface area contributed by atoms with E-state index in [9.17, 15) is 26.8 Å². The Balaban J connectivity index is 1.60. The Hall–Kier alpha value is -2.92. The number of hydrogen-bond acceptors (Lipinski definition) is 6. The molecule has 1 amide bonds. The van der Waals surface area contributed by atoms with Gasteiger partial charge in [-0.2, -0.15) is 8.78 Å². The van der Waals surface area contributed by atoms with E-state index < -0.39 is 35.1 Å². The molecular weight excluding hydrogens is 470 g/mol. The van der Waals surface area contributed by atoms with Crippen LogP contribution < -0.4 is 14.4 Å². The molecule has 0 fully saturated rings. The monoisotopic (exact) mass is 488 g/mol. The van der Waals surface area contributed by atoms with Crippen LogP contribution in [0.25, 0.3) is 0 Å². The van der Waals surface area contributed by atoms with E-state index in [-0.39, 0.29) is 28.1 Å². The highest BCUT2D eigenvalue weighted by molar-refractivity contribution is 7.92. The molecule has 1 aliphatic heterocycles. The van der Waals surface area contributed by atoms with Crippen molar-refractivity contribution < 1.29 is 36.3 Å². The van der Waals surface area contributed by atoms with Crippen molar-refractivity contribution in [2.24, 2.45) is 0 Å². The predicted octanol–water partition coefficient (Wildman–Crippen LogP) is 3.45. The number of sulfonamides is 1. The quantitative estimate of drug-likeness (QED) is 0.599. The minimum absolute atomic E-state index is 0.129. The first kappa shape index (κ1) is 23.7.